The maximum absolute atomic E-state index is 10.4. The van der Waals surface area contributed by atoms with Crippen LogP contribution in [-0.2, 0) is 16.7 Å². The van der Waals surface area contributed by atoms with Gasteiger partial charge < -0.3 is 4.55 Å². The summed E-state index contributed by atoms with van der Waals surface area (Å²) >= 11 is 0. The van der Waals surface area contributed by atoms with Crippen molar-refractivity contribution in [3.05, 3.63) is 23.9 Å². The first-order valence-corrected chi connectivity index (χ1v) is 5.61. The number of nitrogens with one attached hydrogen (secondary N) is 1. The summed E-state index contributed by atoms with van der Waals surface area (Å²) in [5.74, 6) is 0.0750. The van der Waals surface area contributed by atoms with E-state index in [1.54, 1.807) is 16.9 Å². The fourth-order valence-corrected chi connectivity index (χ4v) is 1.43. The van der Waals surface area contributed by atoms with E-state index in [1.807, 2.05) is 6.92 Å². The summed E-state index contributed by atoms with van der Waals surface area (Å²) < 4.78 is 32.9. The van der Waals surface area contributed by atoms with E-state index in [0.29, 0.717) is 0 Å². The third kappa shape index (κ3) is 6.11. The molecule has 1 aromatic heterocycles. The van der Waals surface area contributed by atoms with Crippen molar-refractivity contribution in [2.45, 2.75) is 19.8 Å². The Balaban J connectivity index is 0.00000196. The molecule has 1 rings (SSSR count). The predicted molar refractivity (Wildman–Crippen MR) is 51.6 cm³/mol. The Bertz CT molecular complexity index is 408. The van der Waals surface area contributed by atoms with Gasteiger partial charge in [0.15, 0.2) is 10.3 Å². The fourth-order valence-electron chi connectivity index (χ4n) is 1.06. The van der Waals surface area contributed by atoms with Crippen LogP contribution in [0, 0.1) is 0 Å². The molecule has 0 saturated heterocycles. The molecule has 1 N–H and O–H groups in total. The molecule has 0 aromatic carbocycles. The van der Waals surface area contributed by atoms with Gasteiger partial charge in [0.2, 0.25) is 0 Å². The molecule has 0 aliphatic rings. The van der Waals surface area contributed by atoms with Crippen LogP contribution in [0.25, 0.3) is 0 Å². The van der Waals surface area contributed by atoms with Gasteiger partial charge in [-0.3, -0.25) is 4.72 Å². The minimum Gasteiger partial charge on any atom is -0.731 e. The van der Waals surface area contributed by atoms with Gasteiger partial charge in [-0.1, -0.05) is 19.4 Å². The van der Waals surface area contributed by atoms with Crippen molar-refractivity contribution < 1.29 is 42.5 Å². The molecule has 0 atom stereocenters. The van der Waals surface area contributed by atoms with Gasteiger partial charge in [-0.2, -0.15) is 0 Å². The Morgan fingerprint density at radius 1 is 1.47 bits per heavy atom. The number of aryl methyl sites for hydroxylation is 1. The molecule has 1 aromatic rings. The Morgan fingerprint density at radius 2 is 2.13 bits per heavy atom. The first-order chi connectivity index (χ1) is 6.51. The average Bonchev–Trinajstić information content (AvgIpc) is 2.02. The van der Waals surface area contributed by atoms with E-state index in [1.165, 1.54) is 6.07 Å². The Labute approximate surface area is 111 Å². The second-order valence-corrected chi connectivity index (χ2v) is 3.93. The fraction of sp³-hybridized carbons (Fsp3) is 0.375. The second-order valence-electron chi connectivity index (χ2n) is 2.82. The molecule has 15 heavy (non-hydrogen) atoms. The minimum atomic E-state index is -4.47. The molecule has 7 heteroatoms. The molecule has 0 spiro atoms. The molecule has 0 aliphatic heterocycles. The molecule has 0 bridgehead atoms. The van der Waals surface area contributed by atoms with Gasteiger partial charge in [0.05, 0.1) is 0 Å². The van der Waals surface area contributed by atoms with Gasteiger partial charge in [-0.15, -0.1) is 0 Å². The van der Waals surface area contributed by atoms with Crippen LogP contribution in [0.2, 0.25) is 0 Å². The number of hydrogen-bond donors (Lipinski definition) is 1. The summed E-state index contributed by atoms with van der Waals surface area (Å²) in [7, 11) is -4.47. The summed E-state index contributed by atoms with van der Waals surface area (Å²) in [4.78, 5) is 3.96. The predicted octanol–water partition coefficient (Wildman–Crippen LogP) is -2.09. The zero-order valence-electron chi connectivity index (χ0n) is 8.73. The molecule has 1 heterocycles. The molecule has 0 aliphatic carbocycles. The van der Waals surface area contributed by atoms with Gasteiger partial charge in [0.1, 0.15) is 5.82 Å². The van der Waals surface area contributed by atoms with Crippen molar-refractivity contribution in [1.29, 1.82) is 0 Å². The van der Waals surface area contributed by atoms with Gasteiger partial charge in [-0.25, -0.2) is 13.4 Å². The smallest absolute Gasteiger partial charge is 0.731 e. The minimum absolute atomic E-state index is 0. The number of pyridine rings is 1. The second kappa shape index (κ2) is 6.44. The van der Waals surface area contributed by atoms with Crippen LogP contribution < -0.4 is 34.3 Å². The number of anilines is 1. The topological polar surface area (TPSA) is 82.1 Å². The van der Waals surface area contributed by atoms with E-state index >= 15 is 0 Å². The molecular weight excluding hydrogens is 227 g/mol. The van der Waals surface area contributed by atoms with E-state index in [0.717, 1.165) is 18.5 Å². The van der Waals surface area contributed by atoms with Crippen LogP contribution in [0.5, 0.6) is 0 Å². The molecular formula is C8H11N2NaO3S. The molecule has 0 saturated carbocycles. The van der Waals surface area contributed by atoms with E-state index in [9.17, 15) is 13.0 Å². The van der Waals surface area contributed by atoms with Crippen molar-refractivity contribution in [3.63, 3.8) is 0 Å². The van der Waals surface area contributed by atoms with E-state index in [-0.39, 0.29) is 35.4 Å². The maximum atomic E-state index is 10.4. The third-order valence-corrected chi connectivity index (χ3v) is 2.00. The van der Waals surface area contributed by atoms with Crippen LogP contribution in [0.4, 0.5) is 5.82 Å². The van der Waals surface area contributed by atoms with Crippen LogP contribution >= 0.6 is 0 Å². The third-order valence-electron chi connectivity index (χ3n) is 1.54. The molecule has 0 unspecified atom stereocenters. The van der Waals surface area contributed by atoms with Crippen molar-refractivity contribution in [2.24, 2.45) is 0 Å². The Hall–Kier alpha value is -0.140. The van der Waals surface area contributed by atoms with Crippen LogP contribution in [0.3, 0.4) is 0 Å². The largest absolute Gasteiger partial charge is 1.00 e. The van der Waals surface area contributed by atoms with Gasteiger partial charge >= 0.3 is 29.6 Å². The first-order valence-electron chi connectivity index (χ1n) is 4.21. The van der Waals surface area contributed by atoms with Gasteiger partial charge in [0, 0.05) is 5.69 Å². The molecule has 5 nitrogen and oxygen atoms in total. The zero-order valence-corrected chi connectivity index (χ0v) is 11.5. The number of hydrogen-bond acceptors (Lipinski definition) is 4. The number of aromatic nitrogens is 1. The van der Waals surface area contributed by atoms with Crippen molar-refractivity contribution in [2.75, 3.05) is 4.72 Å². The van der Waals surface area contributed by atoms with E-state index < -0.39 is 10.3 Å². The van der Waals surface area contributed by atoms with Crippen LogP contribution in [0.15, 0.2) is 18.2 Å². The molecule has 0 radical (unpaired) electrons. The first kappa shape index (κ1) is 14.9. The van der Waals surface area contributed by atoms with Crippen LogP contribution in [-0.4, -0.2) is 18.0 Å². The average molecular weight is 238 g/mol. The quantitative estimate of drug-likeness (QED) is 0.481. The Kier molecular flexibility index (Phi) is 6.38. The van der Waals surface area contributed by atoms with Crippen LogP contribution in [0.1, 0.15) is 19.0 Å². The normalized spacial score (nSPS) is 10.5. The van der Waals surface area contributed by atoms with E-state index in [4.69, 9.17) is 0 Å². The summed E-state index contributed by atoms with van der Waals surface area (Å²) in [6, 6.07) is 4.88. The molecule has 0 fully saturated rings. The number of rotatable bonds is 4. The maximum Gasteiger partial charge on any atom is 1.00 e. The summed E-state index contributed by atoms with van der Waals surface area (Å²) in [5.41, 5.74) is 0.765. The Morgan fingerprint density at radius 3 is 2.67 bits per heavy atom. The SMILES string of the molecule is CCCc1cccc(NS(=O)(=O)[O-])n1.[Na+]. The summed E-state index contributed by atoms with van der Waals surface area (Å²) in [6.07, 6.45) is 1.68. The van der Waals surface area contributed by atoms with Gasteiger partial charge in [0.25, 0.3) is 0 Å². The van der Waals surface area contributed by atoms with E-state index in [2.05, 4.69) is 4.98 Å². The standard InChI is InChI=1S/C8H12N2O3S.Na/c1-2-4-7-5-3-6-8(9-7)10-14(11,12)13;/h3,5-6H,2,4H2,1H3,(H,9,10)(H,11,12,13);/q;+1/p-1. The zero-order chi connectivity index (χ0) is 10.6. The van der Waals surface area contributed by atoms with Crippen molar-refractivity contribution in [1.82, 2.24) is 4.98 Å². The summed E-state index contributed by atoms with van der Waals surface area (Å²) in [6.45, 7) is 1.99. The van der Waals surface area contributed by atoms with Gasteiger partial charge in [-0.05, 0) is 18.6 Å². The van der Waals surface area contributed by atoms with Crippen molar-refractivity contribution in [3.8, 4) is 0 Å². The molecule has 0 amide bonds. The summed E-state index contributed by atoms with van der Waals surface area (Å²) in [5, 5.41) is 0. The van der Waals surface area contributed by atoms with Crippen molar-refractivity contribution >= 4 is 16.1 Å². The monoisotopic (exact) mass is 238 g/mol. The number of nitrogens with zero attached hydrogens (tertiary/aromatic N) is 1. The molecule has 78 valence electrons.